The largest absolute Gasteiger partial charge is 0.309 e. The summed E-state index contributed by atoms with van der Waals surface area (Å²) in [6.45, 7) is 0. The van der Waals surface area contributed by atoms with Crippen LogP contribution in [-0.2, 0) is 10.8 Å². The number of hydrogen-bond donors (Lipinski definition) is 0. The fourth-order valence-electron chi connectivity index (χ4n) is 16.5. The molecule has 5 heteroatoms. The molecule has 5 nitrogen and oxygen atoms in total. The highest BCUT2D eigenvalue weighted by Crippen LogP contribution is 2.63. The van der Waals surface area contributed by atoms with Crippen molar-refractivity contribution in [1.29, 1.82) is 0 Å². The average molecular weight is 1120 g/mol. The van der Waals surface area contributed by atoms with Gasteiger partial charge in [0.05, 0.1) is 44.3 Å². The molecular formula is C83H49N5. The molecule has 0 bridgehead atoms. The maximum atomic E-state index is 5.60. The number of nitrogens with zero attached hydrogens (tertiary/aromatic N) is 5. The van der Waals surface area contributed by atoms with Crippen molar-refractivity contribution in [2.24, 2.45) is 0 Å². The van der Waals surface area contributed by atoms with Gasteiger partial charge in [-0.05, 0) is 156 Å². The molecule has 13 aromatic carbocycles. The molecule has 406 valence electrons. The molecule has 0 radical (unpaired) electrons. The van der Waals surface area contributed by atoms with Crippen LogP contribution in [-0.4, -0.2) is 24.1 Å². The Kier molecular flexibility index (Phi) is 9.53. The zero-order chi connectivity index (χ0) is 57.4. The first kappa shape index (κ1) is 47.8. The van der Waals surface area contributed by atoms with E-state index in [4.69, 9.17) is 15.0 Å². The molecule has 0 amide bonds. The molecule has 88 heavy (non-hydrogen) atoms. The molecular weight excluding hydrogens is 1070 g/mol. The van der Waals surface area contributed by atoms with Gasteiger partial charge in [-0.3, -0.25) is 0 Å². The number of fused-ring (bicyclic) bond motifs is 24. The zero-order valence-electron chi connectivity index (χ0n) is 47.5. The number of para-hydroxylation sites is 4. The van der Waals surface area contributed by atoms with Crippen LogP contribution in [0.25, 0.3) is 134 Å². The molecule has 0 N–H and O–H groups in total. The Morgan fingerprint density at radius 1 is 0.216 bits per heavy atom. The van der Waals surface area contributed by atoms with E-state index in [0.29, 0.717) is 17.5 Å². The highest BCUT2D eigenvalue weighted by molar-refractivity contribution is 6.15. The van der Waals surface area contributed by atoms with E-state index in [1.807, 2.05) is 0 Å². The summed E-state index contributed by atoms with van der Waals surface area (Å²) < 4.78 is 5.02. The van der Waals surface area contributed by atoms with Crippen LogP contribution in [0.5, 0.6) is 0 Å². The monoisotopic (exact) mass is 1120 g/mol. The summed E-state index contributed by atoms with van der Waals surface area (Å²) in [5, 5.41) is 4.66. The van der Waals surface area contributed by atoms with Crippen LogP contribution in [0.3, 0.4) is 0 Å². The number of aromatic nitrogens is 5. The molecule has 3 aromatic heterocycles. The van der Waals surface area contributed by atoms with E-state index in [-0.39, 0.29) is 0 Å². The molecule has 0 saturated carbocycles. The Balaban J connectivity index is 0.827. The Morgan fingerprint density at radius 3 is 0.955 bits per heavy atom. The standard InChI is InChI=1S/C83H49N5/c1-3-21-50(22-4-1)54-45-55(51-23-5-2-6-24-51)47-56(46-54)81-85-79(52-41-43-73-63(48-52)61-29-19-37-71-77(61)87(73)75-39-17-15-35-69(75)82(71)65-31-11-7-25-57(65)58-26-8-12-32-66(58)82)84-80(86-81)53-42-44-74-64(49-53)62-30-20-38-72-78(62)88(74)76-40-18-16-36-70(76)83(72)67-33-13-9-27-59(67)60-28-10-14-34-68(60)83/h1-49H. The van der Waals surface area contributed by atoms with Gasteiger partial charge >= 0.3 is 0 Å². The highest BCUT2D eigenvalue weighted by Gasteiger charge is 2.52. The summed E-state index contributed by atoms with van der Waals surface area (Å²) in [5.41, 5.74) is 28.8. The van der Waals surface area contributed by atoms with Crippen LogP contribution in [0.15, 0.2) is 297 Å². The minimum absolute atomic E-state index is 0.508. The van der Waals surface area contributed by atoms with Crippen molar-refractivity contribution in [3.63, 3.8) is 0 Å². The molecule has 0 saturated heterocycles. The number of benzene rings is 13. The van der Waals surface area contributed by atoms with E-state index in [1.54, 1.807) is 0 Å². The topological polar surface area (TPSA) is 48.5 Å². The van der Waals surface area contributed by atoms with Crippen LogP contribution in [0.4, 0.5) is 0 Å². The van der Waals surface area contributed by atoms with Crippen LogP contribution in [0, 0.1) is 0 Å². The predicted octanol–water partition coefficient (Wildman–Crippen LogP) is 19.8. The van der Waals surface area contributed by atoms with Crippen LogP contribution in [0.1, 0.15) is 44.5 Å². The quantitative estimate of drug-likeness (QED) is 0.173. The van der Waals surface area contributed by atoms with Crippen molar-refractivity contribution in [3.8, 4) is 90.0 Å². The Morgan fingerprint density at radius 2 is 0.545 bits per heavy atom. The van der Waals surface area contributed by atoms with Gasteiger partial charge in [0.1, 0.15) is 0 Å². The Hall–Kier alpha value is -11.5. The van der Waals surface area contributed by atoms with E-state index in [1.165, 1.54) is 99.9 Å². The minimum Gasteiger partial charge on any atom is -0.309 e. The molecule has 0 atom stereocenters. The molecule has 2 spiro atoms. The smallest absolute Gasteiger partial charge is 0.164 e. The fourth-order valence-corrected chi connectivity index (χ4v) is 16.5. The summed E-state index contributed by atoms with van der Waals surface area (Å²) in [6, 6.07) is 110. The first-order valence-corrected chi connectivity index (χ1v) is 30.4. The van der Waals surface area contributed by atoms with Crippen molar-refractivity contribution in [1.82, 2.24) is 24.1 Å². The van der Waals surface area contributed by atoms with Crippen LogP contribution in [0.2, 0.25) is 0 Å². The van der Waals surface area contributed by atoms with Crippen molar-refractivity contribution in [2.45, 2.75) is 10.8 Å². The van der Waals surface area contributed by atoms with E-state index in [9.17, 15) is 0 Å². The van der Waals surface area contributed by atoms with E-state index < -0.39 is 10.8 Å². The average Bonchev–Trinajstić information content (AvgIpc) is 1.49. The lowest BCUT2D eigenvalue weighted by Gasteiger charge is -2.39. The lowest BCUT2D eigenvalue weighted by molar-refractivity contribution is 0.748. The second-order valence-electron chi connectivity index (χ2n) is 24.1. The SMILES string of the molecule is c1ccc(-c2cc(-c3ccccc3)cc(-c3nc(-c4ccc5c(c4)c4cccc6c4n5-c4ccccc4C64c5ccccc5-c5ccccc54)nc(-c4ccc5c(c4)c4cccc6c4n5-c4ccccc4C64c5ccccc5-c5ccccc54)n3)c2)cc1. The molecule has 2 aliphatic heterocycles. The lowest BCUT2D eigenvalue weighted by atomic mass is 9.65. The van der Waals surface area contributed by atoms with Crippen molar-refractivity contribution in [2.75, 3.05) is 0 Å². The van der Waals surface area contributed by atoms with Gasteiger partial charge < -0.3 is 9.13 Å². The summed E-state index contributed by atoms with van der Waals surface area (Å²) >= 11 is 0. The summed E-state index contributed by atoms with van der Waals surface area (Å²) in [6.07, 6.45) is 0. The van der Waals surface area contributed by atoms with Gasteiger partial charge in [0.15, 0.2) is 17.5 Å². The van der Waals surface area contributed by atoms with Gasteiger partial charge in [-0.2, -0.15) is 0 Å². The molecule has 16 aromatic rings. The molecule has 0 unspecified atom stereocenters. The van der Waals surface area contributed by atoms with E-state index in [2.05, 4.69) is 306 Å². The molecule has 2 aliphatic carbocycles. The molecule has 0 fully saturated rings. The predicted molar refractivity (Wildman–Crippen MR) is 357 cm³/mol. The van der Waals surface area contributed by atoms with Crippen molar-refractivity contribution in [3.05, 3.63) is 342 Å². The van der Waals surface area contributed by atoms with Gasteiger partial charge in [0.2, 0.25) is 0 Å². The third-order valence-electron chi connectivity index (χ3n) is 19.9. The van der Waals surface area contributed by atoms with Gasteiger partial charge in [-0.1, -0.05) is 231 Å². The van der Waals surface area contributed by atoms with E-state index in [0.717, 1.165) is 60.8 Å². The molecule has 5 heterocycles. The van der Waals surface area contributed by atoms with Gasteiger partial charge in [0.25, 0.3) is 0 Å². The second-order valence-corrected chi connectivity index (χ2v) is 24.1. The third kappa shape index (κ3) is 6.11. The fraction of sp³-hybridized carbons (Fsp3) is 0.0241. The first-order valence-electron chi connectivity index (χ1n) is 30.4. The summed E-state index contributed by atoms with van der Waals surface area (Å²) in [4.78, 5) is 16.8. The number of hydrogen-bond acceptors (Lipinski definition) is 3. The minimum atomic E-state index is -0.508. The first-order chi connectivity index (χ1) is 43.6. The van der Waals surface area contributed by atoms with Crippen molar-refractivity contribution < 1.29 is 0 Å². The third-order valence-corrected chi connectivity index (χ3v) is 19.9. The van der Waals surface area contributed by atoms with Gasteiger partial charge in [-0.25, -0.2) is 15.0 Å². The molecule has 20 rings (SSSR count). The zero-order valence-corrected chi connectivity index (χ0v) is 47.5. The van der Waals surface area contributed by atoms with Crippen LogP contribution >= 0.6 is 0 Å². The van der Waals surface area contributed by atoms with Crippen LogP contribution < -0.4 is 0 Å². The summed E-state index contributed by atoms with van der Waals surface area (Å²) in [5.74, 6) is 1.81. The second kappa shape index (κ2) is 17.5. The van der Waals surface area contributed by atoms with E-state index >= 15 is 0 Å². The lowest BCUT2D eigenvalue weighted by Crippen LogP contribution is -2.33. The normalized spacial score (nSPS) is 13.9. The molecule has 4 aliphatic rings. The van der Waals surface area contributed by atoms with Crippen molar-refractivity contribution >= 4 is 43.6 Å². The summed E-state index contributed by atoms with van der Waals surface area (Å²) in [7, 11) is 0. The maximum absolute atomic E-state index is 5.60. The van der Waals surface area contributed by atoms with Gasteiger partial charge in [0, 0.05) is 38.2 Å². The Labute approximate surface area is 507 Å². The number of rotatable bonds is 5. The maximum Gasteiger partial charge on any atom is 0.164 e. The Bertz CT molecular complexity index is 5270. The van der Waals surface area contributed by atoms with Gasteiger partial charge in [-0.15, -0.1) is 0 Å². The highest BCUT2D eigenvalue weighted by atomic mass is 15.0.